The lowest BCUT2D eigenvalue weighted by Crippen LogP contribution is -2.26. The third-order valence-corrected chi connectivity index (χ3v) is 3.72. The maximum absolute atomic E-state index is 12.0. The van der Waals surface area contributed by atoms with Crippen molar-refractivity contribution < 1.29 is 9.53 Å². The summed E-state index contributed by atoms with van der Waals surface area (Å²) >= 11 is 0. The van der Waals surface area contributed by atoms with Crippen molar-refractivity contribution in [2.45, 2.75) is 38.7 Å². The molecule has 0 radical (unpaired) electrons. The Morgan fingerprint density at radius 3 is 2.71 bits per heavy atom. The molecule has 1 fully saturated rings. The maximum atomic E-state index is 12.0. The summed E-state index contributed by atoms with van der Waals surface area (Å²) in [6, 6.07) is 8.47. The van der Waals surface area contributed by atoms with Crippen LogP contribution in [0.25, 0.3) is 0 Å². The Morgan fingerprint density at radius 1 is 1.29 bits per heavy atom. The molecular formula is C15H18O2. The second-order valence-electron chi connectivity index (χ2n) is 6.15. The van der Waals surface area contributed by atoms with Crippen molar-refractivity contribution >= 4 is 5.97 Å². The number of hydrogen-bond donors (Lipinski definition) is 0. The van der Waals surface area contributed by atoms with Gasteiger partial charge in [-0.15, -0.1) is 0 Å². The van der Waals surface area contributed by atoms with E-state index in [0.717, 1.165) is 6.42 Å². The fourth-order valence-corrected chi connectivity index (χ4v) is 3.04. The van der Waals surface area contributed by atoms with Crippen LogP contribution in [0.2, 0.25) is 0 Å². The van der Waals surface area contributed by atoms with Crippen LogP contribution in [0.5, 0.6) is 0 Å². The number of rotatable bonds is 1. The highest BCUT2D eigenvalue weighted by atomic mass is 16.6. The van der Waals surface area contributed by atoms with Crippen LogP contribution in [-0.4, -0.2) is 11.6 Å². The van der Waals surface area contributed by atoms with Gasteiger partial charge < -0.3 is 4.74 Å². The highest BCUT2D eigenvalue weighted by molar-refractivity contribution is 5.80. The molecule has 1 aromatic carbocycles. The first-order valence-corrected chi connectivity index (χ1v) is 6.28. The Hall–Kier alpha value is -1.31. The van der Waals surface area contributed by atoms with Crippen LogP contribution in [0, 0.1) is 11.8 Å². The molecule has 0 unspecified atom stereocenters. The summed E-state index contributed by atoms with van der Waals surface area (Å²) in [4.78, 5) is 12.0. The zero-order valence-electron chi connectivity index (χ0n) is 10.6. The Bertz CT molecular complexity index is 470. The lowest BCUT2D eigenvalue weighted by Gasteiger charge is -2.20. The number of ether oxygens (including phenoxy) is 1. The van der Waals surface area contributed by atoms with E-state index in [9.17, 15) is 4.79 Å². The topological polar surface area (TPSA) is 26.3 Å². The Kier molecular flexibility index (Phi) is 2.13. The summed E-state index contributed by atoms with van der Waals surface area (Å²) in [7, 11) is 0. The summed E-state index contributed by atoms with van der Waals surface area (Å²) < 4.78 is 5.47. The first-order valence-electron chi connectivity index (χ1n) is 6.28. The number of carbonyl (C=O) groups is 1. The monoisotopic (exact) mass is 230 g/mol. The standard InChI is InChI=1S/C15H18O2/c1-15(2,3)17-14(16)13-11-8-9-6-4-5-7-10(9)12(11)13/h4-7,11-13H,8H2,1-3H3/t11-,12+,13-/m0/s1. The third kappa shape index (κ3) is 1.76. The van der Waals surface area contributed by atoms with Gasteiger partial charge in [-0.25, -0.2) is 0 Å². The van der Waals surface area contributed by atoms with Gasteiger partial charge >= 0.3 is 5.97 Å². The number of fused-ring (bicyclic) bond motifs is 3. The van der Waals surface area contributed by atoms with Gasteiger partial charge in [0.25, 0.3) is 0 Å². The zero-order valence-corrected chi connectivity index (χ0v) is 10.6. The van der Waals surface area contributed by atoms with Gasteiger partial charge in [-0.3, -0.25) is 4.79 Å². The van der Waals surface area contributed by atoms with Gasteiger partial charge in [-0.1, -0.05) is 24.3 Å². The number of benzene rings is 1. The molecule has 3 atom stereocenters. The lowest BCUT2D eigenvalue weighted by molar-refractivity contribution is -0.157. The van der Waals surface area contributed by atoms with Crippen LogP contribution in [0.1, 0.15) is 37.8 Å². The van der Waals surface area contributed by atoms with Crippen LogP contribution in [0.4, 0.5) is 0 Å². The zero-order chi connectivity index (χ0) is 12.2. The predicted octanol–water partition coefficient (Wildman–Crippen LogP) is 2.91. The molecule has 0 N–H and O–H groups in total. The molecule has 2 aliphatic carbocycles. The Labute approximate surface area is 102 Å². The van der Waals surface area contributed by atoms with Crippen LogP contribution < -0.4 is 0 Å². The van der Waals surface area contributed by atoms with Crippen molar-refractivity contribution in [1.82, 2.24) is 0 Å². The van der Waals surface area contributed by atoms with Crippen molar-refractivity contribution in [2.75, 3.05) is 0 Å². The molecule has 1 aromatic rings. The number of esters is 1. The summed E-state index contributed by atoms with van der Waals surface area (Å²) in [6.45, 7) is 5.78. The van der Waals surface area contributed by atoms with E-state index in [2.05, 4.69) is 24.3 Å². The first-order chi connectivity index (χ1) is 7.97. The van der Waals surface area contributed by atoms with Crippen LogP contribution >= 0.6 is 0 Å². The van der Waals surface area contributed by atoms with Crippen molar-refractivity contribution in [3.63, 3.8) is 0 Å². The van der Waals surface area contributed by atoms with Gasteiger partial charge in [-0.2, -0.15) is 0 Å². The van der Waals surface area contributed by atoms with E-state index in [1.165, 1.54) is 11.1 Å². The van der Waals surface area contributed by atoms with Gasteiger partial charge in [-0.05, 0) is 44.2 Å². The van der Waals surface area contributed by atoms with Crippen molar-refractivity contribution in [3.05, 3.63) is 35.4 Å². The molecule has 0 saturated heterocycles. The average molecular weight is 230 g/mol. The molecule has 0 spiro atoms. The first kappa shape index (κ1) is 10.8. The minimum atomic E-state index is -0.368. The predicted molar refractivity (Wildman–Crippen MR) is 65.7 cm³/mol. The largest absolute Gasteiger partial charge is 0.460 e. The maximum Gasteiger partial charge on any atom is 0.310 e. The molecule has 0 amide bonds. The summed E-state index contributed by atoms with van der Waals surface area (Å²) in [5.41, 5.74) is 2.42. The van der Waals surface area contributed by atoms with Gasteiger partial charge in [0.1, 0.15) is 5.60 Å². The second-order valence-corrected chi connectivity index (χ2v) is 6.15. The highest BCUT2D eigenvalue weighted by Gasteiger charge is 2.60. The van der Waals surface area contributed by atoms with E-state index < -0.39 is 0 Å². The van der Waals surface area contributed by atoms with Crippen molar-refractivity contribution in [3.8, 4) is 0 Å². The van der Waals surface area contributed by atoms with Gasteiger partial charge in [0, 0.05) is 5.92 Å². The summed E-state index contributed by atoms with van der Waals surface area (Å²) in [5, 5.41) is 0. The van der Waals surface area contributed by atoms with E-state index >= 15 is 0 Å². The summed E-state index contributed by atoms with van der Waals surface area (Å²) in [5.74, 6) is 1.04. The SMILES string of the molecule is CC(C)(C)OC(=O)[C@H]1[C@H]2Cc3ccccc3[C@H]21. The molecule has 2 aliphatic rings. The third-order valence-electron chi connectivity index (χ3n) is 3.72. The molecule has 17 heavy (non-hydrogen) atoms. The van der Waals surface area contributed by atoms with E-state index in [1.54, 1.807) is 0 Å². The summed E-state index contributed by atoms with van der Waals surface area (Å²) in [6.07, 6.45) is 1.05. The molecule has 0 aromatic heterocycles. The van der Waals surface area contributed by atoms with Crippen LogP contribution in [0.3, 0.4) is 0 Å². The van der Waals surface area contributed by atoms with E-state index in [1.807, 2.05) is 20.8 Å². The molecule has 2 nitrogen and oxygen atoms in total. The van der Waals surface area contributed by atoms with Gasteiger partial charge in [0.2, 0.25) is 0 Å². The molecule has 0 heterocycles. The molecular weight excluding hydrogens is 212 g/mol. The minimum absolute atomic E-state index is 0.0120. The quantitative estimate of drug-likeness (QED) is 0.693. The average Bonchev–Trinajstić information content (AvgIpc) is 2.80. The fourth-order valence-electron chi connectivity index (χ4n) is 3.04. The number of hydrogen-bond acceptors (Lipinski definition) is 2. The molecule has 3 rings (SSSR count). The Morgan fingerprint density at radius 2 is 2.00 bits per heavy atom. The second kappa shape index (κ2) is 3.34. The van der Waals surface area contributed by atoms with Crippen molar-refractivity contribution in [1.29, 1.82) is 0 Å². The molecule has 0 aliphatic heterocycles. The Balaban J connectivity index is 1.75. The highest BCUT2D eigenvalue weighted by Crippen LogP contribution is 2.61. The smallest absolute Gasteiger partial charge is 0.310 e. The molecule has 2 heteroatoms. The van der Waals surface area contributed by atoms with E-state index in [0.29, 0.717) is 11.8 Å². The van der Waals surface area contributed by atoms with Crippen LogP contribution in [0.15, 0.2) is 24.3 Å². The van der Waals surface area contributed by atoms with Crippen molar-refractivity contribution in [2.24, 2.45) is 11.8 Å². The van der Waals surface area contributed by atoms with E-state index in [-0.39, 0.29) is 17.5 Å². The number of carbonyl (C=O) groups excluding carboxylic acids is 1. The van der Waals surface area contributed by atoms with Gasteiger partial charge in [0.05, 0.1) is 5.92 Å². The molecule has 90 valence electrons. The lowest BCUT2D eigenvalue weighted by atomic mass is 10.0. The van der Waals surface area contributed by atoms with Gasteiger partial charge in [0.15, 0.2) is 0 Å². The minimum Gasteiger partial charge on any atom is -0.460 e. The normalized spacial score (nSPS) is 29.5. The fraction of sp³-hybridized carbons (Fsp3) is 0.533. The van der Waals surface area contributed by atoms with Crippen LogP contribution in [-0.2, 0) is 16.0 Å². The molecule has 1 saturated carbocycles. The molecule has 0 bridgehead atoms. The van der Waals surface area contributed by atoms with E-state index in [4.69, 9.17) is 4.74 Å².